The van der Waals surface area contributed by atoms with Crippen LogP contribution in [0.5, 0.6) is 0 Å². The SMILES string of the molecule is CCC(C#N)c1cc([N+](=O)[O-])ccc1C(C)C. The predicted octanol–water partition coefficient (Wildman–Crippen LogP) is 3.74. The maximum Gasteiger partial charge on any atom is 0.269 e. The number of nitriles is 1. The first kappa shape index (κ1) is 13.2. The van der Waals surface area contributed by atoms with E-state index in [0.717, 1.165) is 11.1 Å². The van der Waals surface area contributed by atoms with Crippen molar-refractivity contribution in [2.45, 2.75) is 39.0 Å². The largest absolute Gasteiger partial charge is 0.269 e. The summed E-state index contributed by atoms with van der Waals surface area (Å²) in [6.45, 7) is 5.96. The minimum absolute atomic E-state index is 0.0538. The Bertz CT molecular complexity index is 461. The van der Waals surface area contributed by atoms with E-state index in [9.17, 15) is 10.1 Å². The van der Waals surface area contributed by atoms with E-state index in [0.29, 0.717) is 6.42 Å². The van der Waals surface area contributed by atoms with E-state index in [1.54, 1.807) is 6.07 Å². The molecule has 0 saturated heterocycles. The molecule has 0 amide bonds. The summed E-state index contributed by atoms with van der Waals surface area (Å²) < 4.78 is 0. The molecular formula is C13H16N2O2. The second-order valence-corrected chi connectivity index (χ2v) is 4.31. The summed E-state index contributed by atoms with van der Waals surface area (Å²) in [5.41, 5.74) is 1.86. The quantitative estimate of drug-likeness (QED) is 0.586. The van der Waals surface area contributed by atoms with Crippen molar-refractivity contribution >= 4 is 5.69 Å². The van der Waals surface area contributed by atoms with Gasteiger partial charge in [0.25, 0.3) is 5.69 Å². The molecule has 1 unspecified atom stereocenters. The van der Waals surface area contributed by atoms with Crippen LogP contribution in [0.4, 0.5) is 5.69 Å². The fraction of sp³-hybridized carbons (Fsp3) is 0.462. The zero-order valence-electron chi connectivity index (χ0n) is 10.3. The van der Waals surface area contributed by atoms with Crippen molar-refractivity contribution in [2.75, 3.05) is 0 Å². The Morgan fingerprint density at radius 1 is 1.41 bits per heavy atom. The van der Waals surface area contributed by atoms with Gasteiger partial charge in [-0.3, -0.25) is 10.1 Å². The Labute approximate surface area is 101 Å². The maximum absolute atomic E-state index is 10.8. The first-order valence-corrected chi connectivity index (χ1v) is 5.69. The van der Waals surface area contributed by atoms with Crippen LogP contribution < -0.4 is 0 Å². The third-order valence-electron chi connectivity index (χ3n) is 2.84. The summed E-state index contributed by atoms with van der Waals surface area (Å²) in [7, 11) is 0. The van der Waals surface area contributed by atoms with Gasteiger partial charge in [-0.2, -0.15) is 5.26 Å². The maximum atomic E-state index is 10.8. The van der Waals surface area contributed by atoms with Gasteiger partial charge in [0.1, 0.15) is 0 Å². The third-order valence-corrected chi connectivity index (χ3v) is 2.84. The van der Waals surface area contributed by atoms with Crippen molar-refractivity contribution in [1.29, 1.82) is 5.26 Å². The number of nitrogens with zero attached hydrogens (tertiary/aromatic N) is 2. The van der Waals surface area contributed by atoms with Crippen LogP contribution in [-0.2, 0) is 0 Å². The van der Waals surface area contributed by atoms with Crippen LogP contribution in [0.3, 0.4) is 0 Å². The van der Waals surface area contributed by atoms with Gasteiger partial charge in [-0.25, -0.2) is 0 Å². The van der Waals surface area contributed by atoms with Gasteiger partial charge in [0, 0.05) is 12.1 Å². The zero-order valence-corrected chi connectivity index (χ0v) is 10.3. The zero-order chi connectivity index (χ0) is 13.0. The minimum atomic E-state index is -0.419. The Morgan fingerprint density at radius 2 is 2.06 bits per heavy atom. The third kappa shape index (κ3) is 2.82. The monoisotopic (exact) mass is 232 g/mol. The molecule has 17 heavy (non-hydrogen) atoms. The Kier molecular flexibility index (Phi) is 4.22. The van der Waals surface area contributed by atoms with Crippen molar-refractivity contribution in [3.8, 4) is 6.07 Å². The molecule has 0 bridgehead atoms. The summed E-state index contributed by atoms with van der Waals surface area (Å²) >= 11 is 0. The highest BCUT2D eigenvalue weighted by molar-refractivity contribution is 5.44. The number of non-ortho nitro benzene ring substituents is 1. The summed E-state index contributed by atoms with van der Waals surface area (Å²) in [4.78, 5) is 10.3. The highest BCUT2D eigenvalue weighted by Crippen LogP contribution is 2.31. The molecule has 0 aromatic heterocycles. The molecule has 4 heteroatoms. The molecule has 0 aliphatic heterocycles. The number of rotatable bonds is 4. The molecule has 90 valence electrons. The first-order chi connectivity index (χ1) is 8.01. The van der Waals surface area contributed by atoms with E-state index >= 15 is 0 Å². The van der Waals surface area contributed by atoms with Gasteiger partial charge in [-0.05, 0) is 23.5 Å². The summed E-state index contributed by atoms with van der Waals surface area (Å²) in [5, 5.41) is 19.9. The Morgan fingerprint density at radius 3 is 2.47 bits per heavy atom. The molecule has 1 atom stereocenters. The van der Waals surface area contributed by atoms with Crippen LogP contribution in [0.15, 0.2) is 18.2 Å². The second kappa shape index (κ2) is 5.44. The molecule has 0 N–H and O–H groups in total. The van der Waals surface area contributed by atoms with E-state index in [4.69, 9.17) is 5.26 Å². The minimum Gasteiger partial charge on any atom is -0.258 e. The van der Waals surface area contributed by atoms with Gasteiger partial charge in [0.05, 0.1) is 16.9 Å². The second-order valence-electron chi connectivity index (χ2n) is 4.31. The number of hydrogen-bond acceptors (Lipinski definition) is 3. The fourth-order valence-electron chi connectivity index (χ4n) is 1.88. The lowest BCUT2D eigenvalue weighted by atomic mass is 9.88. The standard InChI is InChI=1S/C13H16N2O2/c1-4-10(8-14)13-7-11(15(16)17)5-6-12(13)9(2)3/h5-7,9-10H,4H2,1-3H3. The lowest BCUT2D eigenvalue weighted by Crippen LogP contribution is -2.03. The fourth-order valence-corrected chi connectivity index (χ4v) is 1.88. The van der Waals surface area contributed by atoms with Gasteiger partial charge < -0.3 is 0 Å². The van der Waals surface area contributed by atoms with Crippen LogP contribution in [0.2, 0.25) is 0 Å². The van der Waals surface area contributed by atoms with Gasteiger partial charge in [0.15, 0.2) is 0 Å². The lowest BCUT2D eigenvalue weighted by Gasteiger charge is -2.15. The summed E-state index contributed by atoms with van der Waals surface area (Å²) in [6.07, 6.45) is 0.664. The average molecular weight is 232 g/mol. The smallest absolute Gasteiger partial charge is 0.258 e. The number of nitro benzene ring substituents is 1. The van der Waals surface area contributed by atoms with Crippen molar-refractivity contribution in [3.63, 3.8) is 0 Å². The van der Waals surface area contributed by atoms with Gasteiger partial charge in [-0.1, -0.05) is 26.8 Å². The number of hydrogen-bond donors (Lipinski definition) is 0. The molecule has 0 saturated carbocycles. The summed E-state index contributed by atoms with van der Waals surface area (Å²) in [5.74, 6) is -0.0134. The van der Waals surface area contributed by atoms with Crippen molar-refractivity contribution in [1.82, 2.24) is 0 Å². The highest BCUT2D eigenvalue weighted by atomic mass is 16.6. The number of benzene rings is 1. The first-order valence-electron chi connectivity index (χ1n) is 5.69. The molecular weight excluding hydrogens is 216 g/mol. The lowest BCUT2D eigenvalue weighted by molar-refractivity contribution is -0.384. The van der Waals surface area contributed by atoms with E-state index < -0.39 is 4.92 Å². The topological polar surface area (TPSA) is 66.9 Å². The van der Waals surface area contributed by atoms with Gasteiger partial charge in [0.2, 0.25) is 0 Å². The van der Waals surface area contributed by atoms with Crippen LogP contribution in [0.1, 0.15) is 50.2 Å². The normalized spacial score (nSPS) is 12.2. The van der Waals surface area contributed by atoms with Crippen LogP contribution in [0.25, 0.3) is 0 Å². The van der Waals surface area contributed by atoms with Crippen LogP contribution >= 0.6 is 0 Å². The summed E-state index contributed by atoms with van der Waals surface area (Å²) in [6, 6.07) is 7.01. The molecule has 1 rings (SSSR count). The molecule has 0 heterocycles. The Balaban J connectivity index is 3.35. The Hall–Kier alpha value is -1.89. The van der Waals surface area contributed by atoms with Crippen molar-refractivity contribution in [3.05, 3.63) is 39.4 Å². The molecule has 0 aliphatic rings. The average Bonchev–Trinajstić information content (AvgIpc) is 2.30. The highest BCUT2D eigenvalue weighted by Gasteiger charge is 2.18. The van der Waals surface area contributed by atoms with Gasteiger partial charge in [-0.15, -0.1) is 0 Å². The molecule has 0 aliphatic carbocycles. The van der Waals surface area contributed by atoms with E-state index in [1.807, 2.05) is 20.8 Å². The van der Waals surface area contributed by atoms with Crippen molar-refractivity contribution in [2.24, 2.45) is 0 Å². The van der Waals surface area contributed by atoms with E-state index in [2.05, 4.69) is 6.07 Å². The molecule has 1 aromatic carbocycles. The molecule has 0 fully saturated rings. The van der Waals surface area contributed by atoms with Gasteiger partial charge >= 0.3 is 0 Å². The molecule has 1 aromatic rings. The predicted molar refractivity (Wildman–Crippen MR) is 65.8 cm³/mol. The van der Waals surface area contributed by atoms with E-state index in [1.165, 1.54) is 12.1 Å². The molecule has 0 radical (unpaired) electrons. The number of nitro groups is 1. The molecule has 0 spiro atoms. The molecule has 4 nitrogen and oxygen atoms in total. The van der Waals surface area contributed by atoms with Crippen molar-refractivity contribution < 1.29 is 4.92 Å². The van der Waals surface area contributed by atoms with E-state index in [-0.39, 0.29) is 17.5 Å². The van der Waals surface area contributed by atoms with Crippen LogP contribution in [0, 0.1) is 21.4 Å². The van der Waals surface area contributed by atoms with Crippen LogP contribution in [-0.4, -0.2) is 4.92 Å².